The zero-order valence-electron chi connectivity index (χ0n) is 11.9. The van der Waals surface area contributed by atoms with E-state index in [-0.39, 0.29) is 22.6 Å². The van der Waals surface area contributed by atoms with Crippen LogP contribution in [-0.2, 0) is 19.6 Å². The van der Waals surface area contributed by atoms with E-state index >= 15 is 0 Å². The van der Waals surface area contributed by atoms with Crippen LogP contribution in [0, 0.1) is 0 Å². The third-order valence-electron chi connectivity index (χ3n) is 2.64. The molecule has 1 heterocycles. The summed E-state index contributed by atoms with van der Waals surface area (Å²) in [6.07, 6.45) is 0.00414. The number of carbonyl (C=O) groups excluding carboxylic acids is 1. The summed E-state index contributed by atoms with van der Waals surface area (Å²) in [6.45, 7) is 3.20. The van der Waals surface area contributed by atoms with Crippen molar-refractivity contribution in [1.29, 1.82) is 0 Å². The molecule has 0 saturated heterocycles. The smallest absolute Gasteiger partial charge is 0.338 e. The highest BCUT2D eigenvalue weighted by Gasteiger charge is 2.28. The average Bonchev–Trinajstić information content (AvgIpc) is 2.85. The van der Waals surface area contributed by atoms with E-state index in [1.165, 1.54) is 18.6 Å². The quantitative estimate of drug-likeness (QED) is 0.730. The number of hydrogen-bond donors (Lipinski definition) is 2. The number of ether oxygens (including phenoxy) is 1. The molecule has 0 unspecified atom stereocenters. The van der Waals surface area contributed by atoms with Gasteiger partial charge < -0.3 is 9.84 Å². The molecular formula is C12H17NO6S2. The van der Waals surface area contributed by atoms with Gasteiger partial charge in [0.2, 0.25) is 0 Å². The van der Waals surface area contributed by atoms with E-state index in [0.717, 1.165) is 11.3 Å². The highest BCUT2D eigenvalue weighted by atomic mass is 32.2. The molecule has 0 atom stereocenters. The van der Waals surface area contributed by atoms with Crippen LogP contribution in [0.5, 0.6) is 0 Å². The lowest BCUT2D eigenvalue weighted by atomic mass is 10.0. The topological polar surface area (TPSA) is 110 Å². The largest absolute Gasteiger partial charge is 0.481 e. The van der Waals surface area contributed by atoms with Crippen molar-refractivity contribution in [2.75, 3.05) is 7.11 Å². The molecule has 0 aliphatic carbocycles. The van der Waals surface area contributed by atoms with Gasteiger partial charge in [-0.1, -0.05) is 0 Å². The first-order chi connectivity index (χ1) is 9.57. The first-order valence-corrected chi connectivity index (χ1v) is 8.36. The molecule has 0 spiro atoms. The van der Waals surface area contributed by atoms with Crippen LogP contribution >= 0.6 is 11.3 Å². The van der Waals surface area contributed by atoms with E-state index in [1.807, 2.05) is 0 Å². The first-order valence-electron chi connectivity index (χ1n) is 6.00. The minimum Gasteiger partial charge on any atom is -0.481 e. The molecule has 0 amide bonds. The first kappa shape index (κ1) is 17.6. The summed E-state index contributed by atoms with van der Waals surface area (Å²) in [5.41, 5.74) is -0.752. The Balaban J connectivity index is 2.88. The van der Waals surface area contributed by atoms with Gasteiger partial charge in [-0.25, -0.2) is 17.9 Å². The summed E-state index contributed by atoms with van der Waals surface area (Å²) in [7, 11) is -2.61. The van der Waals surface area contributed by atoms with Gasteiger partial charge >= 0.3 is 11.9 Å². The normalized spacial score (nSPS) is 12.1. The van der Waals surface area contributed by atoms with Crippen molar-refractivity contribution >= 4 is 33.3 Å². The number of carbonyl (C=O) groups is 2. The van der Waals surface area contributed by atoms with E-state index in [9.17, 15) is 18.0 Å². The molecule has 9 heteroatoms. The summed E-state index contributed by atoms with van der Waals surface area (Å²) in [4.78, 5) is 21.9. The van der Waals surface area contributed by atoms with Crippen molar-refractivity contribution in [3.8, 4) is 0 Å². The molecule has 0 aliphatic heterocycles. The van der Waals surface area contributed by atoms with Gasteiger partial charge in [-0.2, -0.15) is 0 Å². The number of esters is 1. The summed E-state index contributed by atoms with van der Waals surface area (Å²) in [6, 6.07) is 1.23. The molecule has 1 aromatic heterocycles. The Morgan fingerprint density at radius 3 is 2.57 bits per heavy atom. The van der Waals surface area contributed by atoms with Gasteiger partial charge in [-0.05, 0) is 26.3 Å². The summed E-state index contributed by atoms with van der Waals surface area (Å²) in [5, 5.41) is 10.1. The molecular weight excluding hydrogens is 318 g/mol. The van der Waals surface area contributed by atoms with Crippen molar-refractivity contribution in [3.05, 3.63) is 17.0 Å². The van der Waals surface area contributed by atoms with Gasteiger partial charge in [0.1, 0.15) is 4.21 Å². The van der Waals surface area contributed by atoms with Gasteiger partial charge in [-0.3, -0.25) is 4.79 Å². The van der Waals surface area contributed by atoms with Crippen molar-refractivity contribution in [2.24, 2.45) is 0 Å². The molecule has 0 bridgehead atoms. The standard InChI is InChI=1S/C12H17NO6S2/c1-12(2,5-4-9(14)15)13-21(17,18)10-6-8(7-20-10)11(16)19-3/h6-7,13H,4-5H2,1-3H3,(H,14,15). The van der Waals surface area contributed by atoms with Gasteiger partial charge in [-0.15, -0.1) is 11.3 Å². The molecule has 7 nitrogen and oxygen atoms in total. The molecule has 1 aromatic rings. The summed E-state index contributed by atoms with van der Waals surface area (Å²) in [5.74, 6) is -1.61. The molecule has 0 aliphatic rings. The third-order valence-corrected chi connectivity index (χ3v) is 5.77. The minimum absolute atomic E-state index is 0.0219. The molecule has 118 valence electrons. The minimum atomic E-state index is -3.82. The Labute approximate surface area is 127 Å². The average molecular weight is 335 g/mol. The summed E-state index contributed by atoms with van der Waals surface area (Å²) < 4.78 is 31.4. The molecule has 2 N–H and O–H groups in total. The second-order valence-electron chi connectivity index (χ2n) is 5.03. The van der Waals surface area contributed by atoms with Crippen LogP contribution in [0.15, 0.2) is 15.7 Å². The fourth-order valence-electron chi connectivity index (χ4n) is 1.57. The van der Waals surface area contributed by atoms with Crippen LogP contribution in [0.3, 0.4) is 0 Å². The van der Waals surface area contributed by atoms with Crippen LogP contribution in [0.1, 0.15) is 37.0 Å². The molecule has 0 radical (unpaired) electrons. The maximum absolute atomic E-state index is 12.2. The lowest BCUT2D eigenvalue weighted by Gasteiger charge is -2.24. The predicted octanol–water partition coefficient (Wildman–Crippen LogP) is 1.46. The maximum atomic E-state index is 12.2. The predicted molar refractivity (Wildman–Crippen MR) is 76.9 cm³/mol. The number of sulfonamides is 1. The number of carboxylic acids is 1. The Bertz CT molecular complexity index is 632. The van der Waals surface area contributed by atoms with Crippen LogP contribution in [0.4, 0.5) is 0 Å². The highest BCUT2D eigenvalue weighted by molar-refractivity contribution is 7.91. The Morgan fingerprint density at radius 1 is 1.43 bits per heavy atom. The van der Waals surface area contributed by atoms with Crippen LogP contribution < -0.4 is 4.72 Å². The Kier molecular flexibility index (Phi) is 5.48. The number of aliphatic carboxylic acids is 1. The van der Waals surface area contributed by atoms with E-state index < -0.39 is 27.5 Å². The monoisotopic (exact) mass is 335 g/mol. The van der Waals surface area contributed by atoms with Crippen molar-refractivity contribution in [2.45, 2.75) is 36.4 Å². The fraction of sp³-hybridized carbons (Fsp3) is 0.500. The lowest BCUT2D eigenvalue weighted by Crippen LogP contribution is -2.43. The van der Waals surface area contributed by atoms with Crippen molar-refractivity contribution in [1.82, 2.24) is 4.72 Å². The zero-order chi connectivity index (χ0) is 16.3. The van der Waals surface area contributed by atoms with Gasteiger partial charge in [0.25, 0.3) is 10.0 Å². The molecule has 1 rings (SSSR count). The van der Waals surface area contributed by atoms with E-state index in [4.69, 9.17) is 5.11 Å². The van der Waals surface area contributed by atoms with Gasteiger partial charge in [0.15, 0.2) is 0 Å². The van der Waals surface area contributed by atoms with Crippen LogP contribution in [0.25, 0.3) is 0 Å². The summed E-state index contributed by atoms with van der Waals surface area (Å²) >= 11 is 0.898. The fourth-order valence-corrected chi connectivity index (χ4v) is 4.16. The number of nitrogens with one attached hydrogen (secondary N) is 1. The molecule has 0 saturated carbocycles. The van der Waals surface area contributed by atoms with Gasteiger partial charge in [0.05, 0.1) is 12.7 Å². The molecule has 21 heavy (non-hydrogen) atoms. The lowest BCUT2D eigenvalue weighted by molar-refractivity contribution is -0.137. The highest BCUT2D eigenvalue weighted by Crippen LogP contribution is 2.23. The molecule has 0 fully saturated rings. The number of hydrogen-bond acceptors (Lipinski definition) is 6. The Hall–Kier alpha value is -1.45. The number of carboxylic acid groups (broad SMARTS) is 1. The van der Waals surface area contributed by atoms with Crippen molar-refractivity contribution < 1.29 is 27.9 Å². The van der Waals surface area contributed by atoms with E-state index in [1.54, 1.807) is 13.8 Å². The zero-order valence-corrected chi connectivity index (χ0v) is 13.5. The second kappa shape index (κ2) is 6.54. The van der Waals surface area contributed by atoms with E-state index in [2.05, 4.69) is 9.46 Å². The number of rotatable bonds is 7. The third kappa shape index (κ3) is 5.10. The van der Waals surface area contributed by atoms with Crippen molar-refractivity contribution in [3.63, 3.8) is 0 Å². The van der Waals surface area contributed by atoms with Gasteiger partial charge in [0, 0.05) is 17.3 Å². The molecule has 0 aromatic carbocycles. The maximum Gasteiger partial charge on any atom is 0.338 e. The SMILES string of the molecule is COC(=O)c1csc(S(=O)(=O)NC(C)(C)CCC(=O)O)c1. The van der Waals surface area contributed by atoms with E-state index in [0.29, 0.717) is 0 Å². The number of thiophene rings is 1. The second-order valence-corrected chi connectivity index (χ2v) is 7.85. The van der Waals surface area contributed by atoms with Crippen LogP contribution in [0.2, 0.25) is 0 Å². The Morgan fingerprint density at radius 2 is 2.05 bits per heavy atom. The van der Waals surface area contributed by atoms with Crippen LogP contribution in [-0.4, -0.2) is 38.1 Å². The number of methoxy groups -OCH3 is 1.